The molecule has 0 saturated heterocycles. The molecule has 0 saturated carbocycles. The lowest BCUT2D eigenvalue weighted by molar-refractivity contribution is -0.137. The summed E-state index contributed by atoms with van der Waals surface area (Å²) in [5.41, 5.74) is 2.05. The molecule has 35 heavy (non-hydrogen) atoms. The lowest BCUT2D eigenvalue weighted by Gasteiger charge is -2.25. The van der Waals surface area contributed by atoms with Crippen molar-refractivity contribution in [3.05, 3.63) is 70.4 Å². The van der Waals surface area contributed by atoms with Crippen molar-refractivity contribution in [1.29, 1.82) is 0 Å². The lowest BCUT2D eigenvalue weighted by Crippen LogP contribution is -2.29. The molecule has 1 unspecified atom stereocenters. The summed E-state index contributed by atoms with van der Waals surface area (Å²) in [4.78, 5) is 35.4. The van der Waals surface area contributed by atoms with Crippen molar-refractivity contribution in [2.24, 2.45) is 0 Å². The number of carbonyl (C=O) groups excluding carboxylic acids is 2. The number of nitrogens with one attached hydrogen (secondary N) is 1. The molecule has 1 atom stereocenters. The van der Waals surface area contributed by atoms with Gasteiger partial charge in [-0.2, -0.15) is 18.3 Å². The van der Waals surface area contributed by atoms with Crippen LogP contribution in [-0.4, -0.2) is 54.7 Å². The molecule has 12 heteroatoms. The fraction of sp³-hybridized carbons (Fsp3) is 0.348. The Bertz CT molecular complexity index is 1270. The van der Waals surface area contributed by atoms with Gasteiger partial charge in [0, 0.05) is 42.8 Å². The van der Waals surface area contributed by atoms with Crippen molar-refractivity contribution in [2.75, 3.05) is 13.2 Å². The highest BCUT2D eigenvalue weighted by molar-refractivity contribution is 5.99. The molecule has 0 radical (unpaired) electrons. The first-order valence-corrected chi connectivity index (χ1v) is 10.8. The van der Waals surface area contributed by atoms with Crippen LogP contribution in [0, 0.1) is 6.92 Å². The highest BCUT2D eigenvalue weighted by atomic mass is 19.4. The second-order valence-electron chi connectivity index (χ2n) is 8.22. The van der Waals surface area contributed by atoms with Crippen LogP contribution in [0.5, 0.6) is 0 Å². The van der Waals surface area contributed by atoms with Gasteiger partial charge in [0.2, 0.25) is 5.91 Å². The Balaban J connectivity index is 1.54. The van der Waals surface area contributed by atoms with Gasteiger partial charge in [0.15, 0.2) is 5.82 Å². The van der Waals surface area contributed by atoms with Gasteiger partial charge in [0.1, 0.15) is 0 Å². The van der Waals surface area contributed by atoms with Gasteiger partial charge in [-0.15, -0.1) is 0 Å². The minimum absolute atomic E-state index is 0.0161. The maximum absolute atomic E-state index is 13.1. The van der Waals surface area contributed by atoms with Gasteiger partial charge in [-0.05, 0) is 37.1 Å². The van der Waals surface area contributed by atoms with Crippen LogP contribution in [0.25, 0.3) is 5.82 Å². The van der Waals surface area contributed by atoms with E-state index in [1.54, 1.807) is 24.0 Å². The summed E-state index contributed by atoms with van der Waals surface area (Å²) in [5.74, 6) is -0.259. The first kappa shape index (κ1) is 24.3. The Morgan fingerprint density at radius 1 is 1.29 bits per heavy atom. The number of aliphatic hydroxyl groups is 1. The molecule has 0 aromatic carbocycles. The van der Waals surface area contributed by atoms with Crippen molar-refractivity contribution >= 4 is 11.8 Å². The highest BCUT2D eigenvalue weighted by Gasteiger charge is 2.35. The van der Waals surface area contributed by atoms with Gasteiger partial charge in [0.25, 0.3) is 5.91 Å². The zero-order valence-corrected chi connectivity index (χ0v) is 19.0. The van der Waals surface area contributed by atoms with Crippen molar-refractivity contribution in [1.82, 2.24) is 30.0 Å². The van der Waals surface area contributed by atoms with Gasteiger partial charge in [-0.25, -0.2) is 9.67 Å². The average molecular weight is 488 g/mol. The van der Waals surface area contributed by atoms with Crippen LogP contribution in [0.4, 0.5) is 13.2 Å². The third kappa shape index (κ3) is 4.87. The van der Waals surface area contributed by atoms with Gasteiger partial charge in [0.05, 0.1) is 36.5 Å². The molecule has 0 aliphatic carbocycles. The van der Waals surface area contributed by atoms with Crippen molar-refractivity contribution in [3.63, 3.8) is 0 Å². The number of hydrogen-bond acceptors (Lipinski definition) is 6. The average Bonchev–Trinajstić information content (AvgIpc) is 3.43. The quantitative estimate of drug-likeness (QED) is 0.528. The van der Waals surface area contributed by atoms with E-state index in [-0.39, 0.29) is 43.7 Å². The number of nitrogens with zero attached hydrogens (tertiary/aromatic N) is 5. The molecule has 2 N–H and O–H groups in total. The molecule has 184 valence electrons. The van der Waals surface area contributed by atoms with E-state index in [2.05, 4.69) is 20.4 Å². The molecule has 0 spiro atoms. The van der Waals surface area contributed by atoms with Crippen molar-refractivity contribution < 1.29 is 27.9 Å². The Morgan fingerprint density at radius 3 is 2.71 bits per heavy atom. The van der Waals surface area contributed by atoms with Crippen LogP contribution in [0.15, 0.2) is 36.9 Å². The third-order valence-electron chi connectivity index (χ3n) is 5.88. The number of rotatable bonds is 7. The number of carbonyl (C=O) groups is 2. The van der Waals surface area contributed by atoms with Crippen molar-refractivity contribution in [3.8, 4) is 5.82 Å². The monoisotopic (exact) mass is 488 g/mol. The number of aromatic nitrogens is 4. The third-order valence-corrected chi connectivity index (χ3v) is 5.88. The van der Waals surface area contributed by atoms with E-state index in [1.165, 1.54) is 12.4 Å². The molecule has 1 aliphatic heterocycles. The van der Waals surface area contributed by atoms with E-state index >= 15 is 0 Å². The van der Waals surface area contributed by atoms with Gasteiger partial charge in [-0.3, -0.25) is 14.6 Å². The van der Waals surface area contributed by atoms with Crippen LogP contribution < -0.4 is 5.32 Å². The smallest absolute Gasteiger partial charge is 0.395 e. The Kier molecular flexibility index (Phi) is 6.57. The molecule has 0 fully saturated rings. The molecule has 3 aromatic heterocycles. The highest BCUT2D eigenvalue weighted by Crippen LogP contribution is 2.33. The van der Waals surface area contributed by atoms with Gasteiger partial charge < -0.3 is 15.3 Å². The molecule has 1 aliphatic rings. The normalized spacial score (nSPS) is 14.2. The number of halogens is 3. The van der Waals surface area contributed by atoms with E-state index in [4.69, 9.17) is 5.11 Å². The van der Waals surface area contributed by atoms with Crippen LogP contribution in [0.2, 0.25) is 0 Å². The fourth-order valence-corrected chi connectivity index (χ4v) is 4.01. The molecule has 0 bridgehead atoms. The summed E-state index contributed by atoms with van der Waals surface area (Å²) >= 11 is 0. The van der Waals surface area contributed by atoms with E-state index in [1.807, 2.05) is 6.92 Å². The molecular formula is C23H23F3N6O3. The van der Waals surface area contributed by atoms with Gasteiger partial charge >= 0.3 is 6.18 Å². The topological polar surface area (TPSA) is 113 Å². The van der Waals surface area contributed by atoms with E-state index < -0.39 is 17.8 Å². The summed E-state index contributed by atoms with van der Waals surface area (Å²) in [6, 6.07) is 2.98. The van der Waals surface area contributed by atoms with Crippen LogP contribution in [-0.2, 0) is 23.9 Å². The van der Waals surface area contributed by atoms with Crippen molar-refractivity contribution in [2.45, 2.75) is 39.0 Å². The zero-order valence-electron chi connectivity index (χ0n) is 19.0. The second-order valence-corrected chi connectivity index (χ2v) is 8.22. The molecular weight excluding hydrogens is 465 g/mol. The van der Waals surface area contributed by atoms with Gasteiger partial charge in [-0.1, -0.05) is 0 Å². The Labute approximate surface area is 198 Å². The predicted molar refractivity (Wildman–Crippen MR) is 117 cm³/mol. The maximum atomic E-state index is 13.1. The molecule has 3 aromatic rings. The minimum atomic E-state index is -4.50. The van der Waals surface area contributed by atoms with E-state index in [9.17, 15) is 22.8 Å². The van der Waals surface area contributed by atoms with E-state index in [0.29, 0.717) is 27.9 Å². The second kappa shape index (κ2) is 9.45. The number of alkyl halides is 3. The van der Waals surface area contributed by atoms with Crippen LogP contribution >= 0.6 is 0 Å². The number of hydrogen-bond donors (Lipinski definition) is 2. The summed E-state index contributed by atoms with van der Waals surface area (Å²) in [6.07, 6.45) is 0.105. The van der Waals surface area contributed by atoms with E-state index in [0.717, 1.165) is 17.1 Å². The zero-order chi connectivity index (χ0) is 25.3. The maximum Gasteiger partial charge on any atom is 0.419 e. The van der Waals surface area contributed by atoms with Crippen LogP contribution in [0.3, 0.4) is 0 Å². The minimum Gasteiger partial charge on any atom is -0.395 e. The summed E-state index contributed by atoms with van der Waals surface area (Å²) in [5, 5.41) is 15.2. The SMILES string of the molecule is Cc1cc(C(C)N2Cc3c(ccnc3CC(=O)NCCO)C2=O)cnc1-n1cc(C(F)(F)F)cn1. The lowest BCUT2D eigenvalue weighted by atomic mass is 10.1. The molecule has 9 nitrogen and oxygen atoms in total. The summed E-state index contributed by atoms with van der Waals surface area (Å²) in [7, 11) is 0. The summed E-state index contributed by atoms with van der Waals surface area (Å²) < 4.78 is 39.8. The predicted octanol–water partition coefficient (Wildman–Crippen LogP) is 2.36. The molecule has 4 heterocycles. The first-order chi connectivity index (χ1) is 16.6. The first-order valence-electron chi connectivity index (χ1n) is 10.8. The number of pyridine rings is 2. The standard InChI is InChI=1S/C23H23F3N6O3/c1-13-7-15(9-29-21(13)32-11-16(10-30-32)23(24,25)26)14(2)31-12-18-17(22(31)35)3-4-27-19(18)8-20(34)28-5-6-33/h3-4,7,9-11,14,33H,5-6,8,12H2,1-2H3,(H,28,34). The fourth-order valence-electron chi connectivity index (χ4n) is 4.01. The number of fused-ring (bicyclic) bond motifs is 1. The number of amides is 2. The summed E-state index contributed by atoms with van der Waals surface area (Å²) in [6.45, 7) is 3.75. The molecule has 4 rings (SSSR count). The Morgan fingerprint density at radius 2 is 2.06 bits per heavy atom. The number of aryl methyl sites for hydroxylation is 1. The molecule has 2 amide bonds. The largest absolute Gasteiger partial charge is 0.419 e. The van der Waals surface area contributed by atoms with Crippen LogP contribution in [0.1, 0.15) is 51.3 Å². The number of aliphatic hydroxyl groups excluding tert-OH is 1. The Hall–Kier alpha value is -3.80.